The third-order valence-corrected chi connectivity index (χ3v) is 3.10. The summed E-state index contributed by atoms with van der Waals surface area (Å²) >= 11 is 0. The Balaban J connectivity index is 2.77. The quantitative estimate of drug-likeness (QED) is 0.797. The van der Waals surface area contributed by atoms with Crippen LogP contribution in [-0.2, 0) is 0 Å². The summed E-state index contributed by atoms with van der Waals surface area (Å²) in [6.45, 7) is 8.75. The van der Waals surface area contributed by atoms with Gasteiger partial charge in [-0.2, -0.15) is 0 Å². The second kappa shape index (κ2) is 6.46. The molecule has 16 heavy (non-hydrogen) atoms. The van der Waals surface area contributed by atoms with E-state index in [4.69, 9.17) is 0 Å². The maximum absolute atomic E-state index is 4.36. The number of nitrogens with one attached hydrogen (secondary N) is 1. The molecule has 0 aromatic carbocycles. The van der Waals surface area contributed by atoms with E-state index < -0.39 is 0 Å². The van der Waals surface area contributed by atoms with Gasteiger partial charge in [-0.25, -0.2) is 9.97 Å². The van der Waals surface area contributed by atoms with Gasteiger partial charge in [0.15, 0.2) is 0 Å². The molecule has 1 aromatic heterocycles. The summed E-state index contributed by atoms with van der Waals surface area (Å²) in [6.07, 6.45) is 5.04. The summed E-state index contributed by atoms with van der Waals surface area (Å²) in [5, 5.41) is 3.38. The van der Waals surface area contributed by atoms with E-state index in [1.165, 1.54) is 0 Å². The number of rotatable bonds is 6. The molecule has 1 heterocycles. The van der Waals surface area contributed by atoms with Gasteiger partial charge >= 0.3 is 0 Å². The zero-order valence-electron chi connectivity index (χ0n) is 10.8. The highest BCUT2D eigenvalue weighted by Crippen LogP contribution is 2.22. The first-order valence-electron chi connectivity index (χ1n) is 6.29. The average molecular weight is 221 g/mol. The van der Waals surface area contributed by atoms with Crippen LogP contribution >= 0.6 is 0 Å². The van der Waals surface area contributed by atoms with Crippen molar-refractivity contribution >= 4 is 5.82 Å². The Labute approximate surface area is 98.7 Å². The van der Waals surface area contributed by atoms with Gasteiger partial charge in [0.05, 0.1) is 0 Å². The lowest BCUT2D eigenvalue weighted by atomic mass is 9.99. The summed E-state index contributed by atoms with van der Waals surface area (Å²) in [5.41, 5.74) is 1.16. The maximum Gasteiger partial charge on any atom is 0.129 e. The van der Waals surface area contributed by atoms with Gasteiger partial charge in [-0.05, 0) is 26.2 Å². The van der Waals surface area contributed by atoms with Crippen molar-refractivity contribution in [3.05, 3.63) is 18.1 Å². The number of nitrogens with zero attached hydrogens (tertiary/aromatic N) is 2. The molecule has 1 atom stereocenters. The predicted molar refractivity (Wildman–Crippen MR) is 68.7 cm³/mol. The molecule has 1 unspecified atom stereocenters. The Morgan fingerprint density at radius 1 is 1.12 bits per heavy atom. The lowest BCUT2D eigenvalue weighted by molar-refractivity contribution is 0.621. The van der Waals surface area contributed by atoms with Crippen molar-refractivity contribution < 1.29 is 0 Å². The Hall–Kier alpha value is -1.12. The molecule has 0 amide bonds. The van der Waals surface area contributed by atoms with Gasteiger partial charge in [0.2, 0.25) is 0 Å². The van der Waals surface area contributed by atoms with Crippen LogP contribution in [0, 0.1) is 0 Å². The zero-order valence-corrected chi connectivity index (χ0v) is 10.8. The standard InChI is InChI=1S/C13H23N3/c1-5-10(4)16-13-8-12(14-9-15-13)11(6-2)7-3/h8-11H,5-7H2,1-4H3,(H,14,15,16). The minimum absolute atomic E-state index is 0.462. The smallest absolute Gasteiger partial charge is 0.129 e. The SMILES string of the molecule is CCC(C)Nc1cc(C(CC)CC)ncn1. The molecule has 1 N–H and O–H groups in total. The fourth-order valence-electron chi connectivity index (χ4n) is 1.74. The Bertz CT molecular complexity index is 308. The van der Waals surface area contributed by atoms with Crippen molar-refractivity contribution in [3.63, 3.8) is 0 Å². The second-order valence-corrected chi connectivity index (χ2v) is 4.30. The molecule has 1 rings (SSSR count). The van der Waals surface area contributed by atoms with E-state index in [1.807, 2.05) is 0 Å². The van der Waals surface area contributed by atoms with Crippen LogP contribution in [0.5, 0.6) is 0 Å². The number of anilines is 1. The van der Waals surface area contributed by atoms with Crippen LogP contribution in [0.2, 0.25) is 0 Å². The topological polar surface area (TPSA) is 37.8 Å². The summed E-state index contributed by atoms with van der Waals surface area (Å²) in [6, 6.07) is 2.55. The molecule has 0 spiro atoms. The monoisotopic (exact) mass is 221 g/mol. The molecule has 0 fully saturated rings. The van der Waals surface area contributed by atoms with Crippen molar-refractivity contribution in [2.75, 3.05) is 5.32 Å². The molecular formula is C13H23N3. The molecule has 0 bridgehead atoms. The van der Waals surface area contributed by atoms with Gasteiger partial charge in [-0.1, -0.05) is 20.8 Å². The predicted octanol–water partition coefficient (Wildman–Crippen LogP) is 3.59. The normalized spacial score (nSPS) is 12.8. The fraction of sp³-hybridized carbons (Fsp3) is 0.692. The van der Waals surface area contributed by atoms with E-state index in [1.54, 1.807) is 6.33 Å². The van der Waals surface area contributed by atoms with E-state index >= 15 is 0 Å². The molecule has 0 aliphatic carbocycles. The third-order valence-electron chi connectivity index (χ3n) is 3.10. The molecule has 3 nitrogen and oxygen atoms in total. The molecule has 0 saturated heterocycles. The summed E-state index contributed by atoms with van der Waals surface area (Å²) < 4.78 is 0. The van der Waals surface area contributed by atoms with Crippen LogP contribution in [0.4, 0.5) is 5.82 Å². The van der Waals surface area contributed by atoms with Crippen LogP contribution in [-0.4, -0.2) is 16.0 Å². The van der Waals surface area contributed by atoms with E-state index in [9.17, 15) is 0 Å². The number of hydrogen-bond acceptors (Lipinski definition) is 3. The summed E-state index contributed by atoms with van der Waals surface area (Å²) in [5.74, 6) is 1.51. The molecular weight excluding hydrogens is 198 g/mol. The zero-order chi connectivity index (χ0) is 12.0. The van der Waals surface area contributed by atoms with Crippen molar-refractivity contribution in [1.82, 2.24) is 9.97 Å². The van der Waals surface area contributed by atoms with Gasteiger partial charge in [0.25, 0.3) is 0 Å². The highest BCUT2D eigenvalue weighted by atomic mass is 15.0. The van der Waals surface area contributed by atoms with Gasteiger partial charge in [0, 0.05) is 23.7 Å². The van der Waals surface area contributed by atoms with Gasteiger partial charge < -0.3 is 5.32 Å². The fourth-order valence-corrected chi connectivity index (χ4v) is 1.74. The van der Waals surface area contributed by atoms with E-state index in [0.717, 1.165) is 30.8 Å². The van der Waals surface area contributed by atoms with Gasteiger partial charge in [-0.3, -0.25) is 0 Å². The molecule has 3 heteroatoms. The maximum atomic E-state index is 4.36. The molecule has 90 valence electrons. The van der Waals surface area contributed by atoms with E-state index in [-0.39, 0.29) is 0 Å². The van der Waals surface area contributed by atoms with Gasteiger partial charge in [-0.15, -0.1) is 0 Å². The van der Waals surface area contributed by atoms with Crippen LogP contribution < -0.4 is 5.32 Å². The third kappa shape index (κ3) is 3.47. The number of aromatic nitrogens is 2. The first-order valence-corrected chi connectivity index (χ1v) is 6.29. The molecule has 0 saturated carbocycles. The Morgan fingerprint density at radius 3 is 2.38 bits per heavy atom. The highest BCUT2D eigenvalue weighted by Gasteiger charge is 2.10. The lowest BCUT2D eigenvalue weighted by Gasteiger charge is -2.15. The lowest BCUT2D eigenvalue weighted by Crippen LogP contribution is -2.15. The second-order valence-electron chi connectivity index (χ2n) is 4.30. The van der Waals surface area contributed by atoms with Crippen LogP contribution in [0.25, 0.3) is 0 Å². The van der Waals surface area contributed by atoms with Crippen molar-refractivity contribution in [2.24, 2.45) is 0 Å². The van der Waals surface area contributed by atoms with E-state index in [2.05, 4.69) is 49.0 Å². The van der Waals surface area contributed by atoms with Crippen LogP contribution in [0.1, 0.15) is 58.6 Å². The summed E-state index contributed by atoms with van der Waals surface area (Å²) in [4.78, 5) is 8.62. The van der Waals surface area contributed by atoms with Crippen molar-refractivity contribution in [2.45, 2.75) is 58.9 Å². The van der Waals surface area contributed by atoms with E-state index in [0.29, 0.717) is 12.0 Å². The molecule has 0 radical (unpaired) electrons. The van der Waals surface area contributed by atoms with Crippen molar-refractivity contribution in [3.8, 4) is 0 Å². The molecule has 0 aliphatic heterocycles. The molecule has 0 aliphatic rings. The van der Waals surface area contributed by atoms with Gasteiger partial charge in [0.1, 0.15) is 12.1 Å². The highest BCUT2D eigenvalue weighted by molar-refractivity contribution is 5.36. The van der Waals surface area contributed by atoms with Crippen LogP contribution in [0.3, 0.4) is 0 Å². The van der Waals surface area contributed by atoms with Crippen molar-refractivity contribution in [1.29, 1.82) is 0 Å². The minimum Gasteiger partial charge on any atom is -0.368 e. The first-order chi connectivity index (χ1) is 7.71. The first kappa shape index (κ1) is 12.9. The number of hydrogen-bond donors (Lipinski definition) is 1. The molecule has 1 aromatic rings. The Kier molecular flexibility index (Phi) is 5.23. The summed E-state index contributed by atoms with van der Waals surface area (Å²) in [7, 11) is 0. The Morgan fingerprint density at radius 2 is 1.81 bits per heavy atom. The van der Waals surface area contributed by atoms with Crippen LogP contribution in [0.15, 0.2) is 12.4 Å². The largest absolute Gasteiger partial charge is 0.368 e. The average Bonchev–Trinajstić information content (AvgIpc) is 2.31. The minimum atomic E-state index is 0.462.